The van der Waals surface area contributed by atoms with Crippen LogP contribution in [0.1, 0.15) is 6.92 Å². The number of piperazine rings is 1. The maximum absolute atomic E-state index is 13.1. The molecule has 2 aromatic carbocycles. The van der Waals surface area contributed by atoms with Crippen molar-refractivity contribution in [2.45, 2.75) is 6.92 Å². The number of carbonyl (C=O) groups is 2. The van der Waals surface area contributed by atoms with E-state index in [0.717, 1.165) is 18.8 Å². The third-order valence-corrected chi connectivity index (χ3v) is 4.88. The van der Waals surface area contributed by atoms with Gasteiger partial charge in [0.15, 0.2) is 0 Å². The van der Waals surface area contributed by atoms with Gasteiger partial charge in [-0.1, -0.05) is 18.2 Å². The summed E-state index contributed by atoms with van der Waals surface area (Å²) >= 11 is 0. The Labute approximate surface area is 170 Å². The molecule has 6 nitrogen and oxygen atoms in total. The predicted molar refractivity (Wildman–Crippen MR) is 110 cm³/mol. The van der Waals surface area contributed by atoms with Crippen molar-refractivity contribution in [3.63, 3.8) is 0 Å². The van der Waals surface area contributed by atoms with Gasteiger partial charge in [-0.2, -0.15) is 0 Å². The van der Waals surface area contributed by atoms with Gasteiger partial charge < -0.3 is 14.5 Å². The van der Waals surface area contributed by atoms with Crippen LogP contribution >= 0.6 is 0 Å². The van der Waals surface area contributed by atoms with Crippen molar-refractivity contribution in [2.24, 2.45) is 0 Å². The Morgan fingerprint density at radius 2 is 1.66 bits per heavy atom. The number of anilines is 2. The summed E-state index contributed by atoms with van der Waals surface area (Å²) in [6.45, 7) is 5.08. The number of hydrogen-bond acceptors (Lipinski definition) is 5. The molecule has 1 fully saturated rings. The molecular formula is C22H26FN3O3. The molecule has 154 valence electrons. The van der Waals surface area contributed by atoms with Crippen LogP contribution in [0, 0.1) is 5.82 Å². The number of benzene rings is 2. The lowest BCUT2D eigenvalue weighted by atomic mass is 10.2. The van der Waals surface area contributed by atoms with Crippen LogP contribution in [0.4, 0.5) is 15.8 Å². The normalized spacial score (nSPS) is 14.5. The van der Waals surface area contributed by atoms with Crippen molar-refractivity contribution >= 4 is 23.3 Å². The Balaban J connectivity index is 1.59. The van der Waals surface area contributed by atoms with Crippen LogP contribution in [-0.2, 0) is 14.3 Å². The molecule has 1 aliphatic heterocycles. The second-order valence-electron chi connectivity index (χ2n) is 6.86. The summed E-state index contributed by atoms with van der Waals surface area (Å²) in [6, 6.07) is 15.6. The molecule has 3 rings (SSSR count). The first-order valence-corrected chi connectivity index (χ1v) is 9.80. The Bertz CT molecular complexity index is 806. The maximum atomic E-state index is 13.1. The van der Waals surface area contributed by atoms with Gasteiger partial charge in [0.2, 0.25) is 5.91 Å². The van der Waals surface area contributed by atoms with E-state index < -0.39 is 5.97 Å². The standard InChI is InChI=1S/C22H26FN3O3/c1-2-29-22(28)17-26(20-6-4-3-5-7-20)21(27)16-24-12-14-25(15-13-24)19-10-8-18(23)9-11-19/h3-11H,2,12-17H2,1H3. The van der Waals surface area contributed by atoms with Crippen molar-refractivity contribution in [3.8, 4) is 0 Å². The first-order valence-electron chi connectivity index (χ1n) is 9.80. The van der Waals surface area contributed by atoms with Gasteiger partial charge in [-0.15, -0.1) is 0 Å². The molecule has 1 heterocycles. The minimum atomic E-state index is -0.425. The fourth-order valence-corrected chi connectivity index (χ4v) is 3.36. The summed E-state index contributed by atoms with van der Waals surface area (Å²) in [5.74, 6) is -0.814. The predicted octanol–water partition coefficient (Wildman–Crippen LogP) is 2.54. The number of ether oxygens (including phenoxy) is 1. The Hall–Kier alpha value is -2.93. The van der Waals surface area contributed by atoms with Crippen molar-refractivity contribution < 1.29 is 18.7 Å². The average molecular weight is 399 g/mol. The highest BCUT2D eigenvalue weighted by Crippen LogP contribution is 2.18. The van der Waals surface area contributed by atoms with E-state index in [0.29, 0.717) is 18.8 Å². The van der Waals surface area contributed by atoms with E-state index in [-0.39, 0.29) is 31.4 Å². The van der Waals surface area contributed by atoms with Gasteiger partial charge in [0.1, 0.15) is 12.4 Å². The third kappa shape index (κ3) is 5.77. The van der Waals surface area contributed by atoms with Gasteiger partial charge in [0, 0.05) is 37.6 Å². The van der Waals surface area contributed by atoms with Crippen LogP contribution in [0.2, 0.25) is 0 Å². The summed E-state index contributed by atoms with van der Waals surface area (Å²) in [5, 5.41) is 0. The van der Waals surface area contributed by atoms with Crippen molar-refractivity contribution in [1.29, 1.82) is 0 Å². The van der Waals surface area contributed by atoms with E-state index in [4.69, 9.17) is 4.74 Å². The first kappa shape index (κ1) is 20.8. The van der Waals surface area contributed by atoms with E-state index in [1.165, 1.54) is 17.0 Å². The Morgan fingerprint density at radius 3 is 2.28 bits per heavy atom. The summed E-state index contributed by atoms with van der Waals surface area (Å²) in [5.41, 5.74) is 1.65. The van der Waals surface area contributed by atoms with Gasteiger partial charge >= 0.3 is 5.97 Å². The highest BCUT2D eigenvalue weighted by atomic mass is 19.1. The molecular weight excluding hydrogens is 373 g/mol. The van der Waals surface area contributed by atoms with Gasteiger partial charge in [0.25, 0.3) is 0 Å². The van der Waals surface area contributed by atoms with Gasteiger partial charge in [-0.05, 0) is 43.3 Å². The van der Waals surface area contributed by atoms with Crippen LogP contribution < -0.4 is 9.80 Å². The van der Waals surface area contributed by atoms with Gasteiger partial charge in [-0.25, -0.2) is 4.39 Å². The summed E-state index contributed by atoms with van der Waals surface area (Å²) in [7, 11) is 0. The molecule has 0 N–H and O–H groups in total. The third-order valence-electron chi connectivity index (χ3n) is 4.88. The summed E-state index contributed by atoms with van der Waals surface area (Å²) < 4.78 is 18.1. The number of amides is 1. The second-order valence-corrected chi connectivity index (χ2v) is 6.86. The molecule has 1 saturated heterocycles. The highest BCUT2D eigenvalue weighted by Gasteiger charge is 2.24. The van der Waals surface area contributed by atoms with E-state index in [2.05, 4.69) is 9.80 Å². The summed E-state index contributed by atoms with van der Waals surface area (Å²) in [6.07, 6.45) is 0. The molecule has 0 atom stereocenters. The summed E-state index contributed by atoms with van der Waals surface area (Å²) in [4.78, 5) is 30.7. The molecule has 1 aliphatic rings. The van der Waals surface area contributed by atoms with Crippen molar-refractivity contribution in [2.75, 3.05) is 55.7 Å². The smallest absolute Gasteiger partial charge is 0.326 e. The number of carbonyl (C=O) groups excluding carboxylic acids is 2. The van der Waals surface area contributed by atoms with E-state index in [1.807, 2.05) is 30.3 Å². The lowest BCUT2D eigenvalue weighted by Crippen LogP contribution is -2.51. The van der Waals surface area contributed by atoms with Crippen LogP contribution in [0.3, 0.4) is 0 Å². The fraction of sp³-hybridized carbons (Fsp3) is 0.364. The highest BCUT2D eigenvalue weighted by molar-refractivity contribution is 5.98. The number of halogens is 1. The van der Waals surface area contributed by atoms with Gasteiger partial charge in [0.05, 0.1) is 13.2 Å². The maximum Gasteiger partial charge on any atom is 0.326 e. The largest absolute Gasteiger partial charge is 0.465 e. The zero-order valence-electron chi connectivity index (χ0n) is 16.6. The number of hydrogen-bond donors (Lipinski definition) is 0. The van der Waals surface area contributed by atoms with Crippen molar-refractivity contribution in [1.82, 2.24) is 4.90 Å². The van der Waals surface area contributed by atoms with Crippen LogP contribution in [0.15, 0.2) is 54.6 Å². The van der Waals surface area contributed by atoms with E-state index >= 15 is 0 Å². The minimum Gasteiger partial charge on any atom is -0.465 e. The molecule has 0 spiro atoms. The lowest BCUT2D eigenvalue weighted by molar-refractivity contribution is -0.142. The zero-order valence-corrected chi connectivity index (χ0v) is 16.6. The SMILES string of the molecule is CCOC(=O)CN(C(=O)CN1CCN(c2ccc(F)cc2)CC1)c1ccccc1. The zero-order chi connectivity index (χ0) is 20.6. The minimum absolute atomic E-state index is 0.105. The Kier molecular flexibility index (Phi) is 7.19. The molecule has 0 unspecified atom stereocenters. The molecule has 0 aromatic heterocycles. The van der Waals surface area contributed by atoms with Crippen LogP contribution in [-0.4, -0.2) is 62.7 Å². The Morgan fingerprint density at radius 1 is 1.00 bits per heavy atom. The molecule has 0 aliphatic carbocycles. The average Bonchev–Trinajstić information content (AvgIpc) is 2.74. The van der Waals surface area contributed by atoms with Crippen molar-refractivity contribution in [3.05, 3.63) is 60.4 Å². The van der Waals surface area contributed by atoms with E-state index in [1.54, 1.807) is 19.1 Å². The number of nitrogens with zero attached hydrogens (tertiary/aromatic N) is 3. The second kappa shape index (κ2) is 10.0. The molecule has 7 heteroatoms. The van der Waals surface area contributed by atoms with Gasteiger partial charge in [-0.3, -0.25) is 14.5 Å². The quantitative estimate of drug-likeness (QED) is 0.670. The monoisotopic (exact) mass is 399 g/mol. The first-order chi connectivity index (χ1) is 14.1. The van der Waals surface area contributed by atoms with Crippen LogP contribution in [0.5, 0.6) is 0 Å². The number of esters is 1. The molecule has 0 bridgehead atoms. The topological polar surface area (TPSA) is 53.1 Å². The molecule has 29 heavy (non-hydrogen) atoms. The molecule has 0 radical (unpaired) electrons. The lowest BCUT2D eigenvalue weighted by Gasteiger charge is -2.36. The molecule has 0 saturated carbocycles. The molecule has 2 aromatic rings. The molecule has 1 amide bonds. The fourth-order valence-electron chi connectivity index (χ4n) is 3.36. The van der Waals surface area contributed by atoms with E-state index in [9.17, 15) is 14.0 Å². The number of para-hydroxylation sites is 1. The van der Waals surface area contributed by atoms with Crippen LogP contribution in [0.25, 0.3) is 0 Å². The number of rotatable bonds is 7.